The van der Waals surface area contributed by atoms with E-state index in [2.05, 4.69) is 15.3 Å². The number of carbonyl (C=O) groups excluding carboxylic acids is 1. The van der Waals surface area contributed by atoms with Gasteiger partial charge in [0.15, 0.2) is 11.4 Å². The number of nitrogens with zero attached hydrogens (tertiary/aromatic N) is 1. The van der Waals surface area contributed by atoms with Crippen molar-refractivity contribution in [3.63, 3.8) is 0 Å². The van der Waals surface area contributed by atoms with Gasteiger partial charge in [0.2, 0.25) is 0 Å². The van der Waals surface area contributed by atoms with Crippen molar-refractivity contribution >= 4 is 11.9 Å². The maximum absolute atomic E-state index is 12.1. The molecule has 19 heavy (non-hydrogen) atoms. The van der Waals surface area contributed by atoms with Crippen molar-refractivity contribution in [1.29, 1.82) is 0 Å². The van der Waals surface area contributed by atoms with Crippen molar-refractivity contribution in [2.75, 3.05) is 0 Å². The lowest BCUT2D eigenvalue weighted by molar-refractivity contribution is 0.0684. The number of H-pyrrole nitrogens is 1. The number of rotatable bonds is 3. The number of carboxylic acids is 1. The number of fused-ring (bicyclic) bond motifs is 5. The Kier molecular flexibility index (Phi) is 2.08. The summed E-state index contributed by atoms with van der Waals surface area (Å²) in [6.07, 6.45) is 5.16. The minimum atomic E-state index is -1.15. The normalized spacial score (nSPS) is 38.0. The molecule has 3 saturated carbocycles. The maximum atomic E-state index is 12.1. The van der Waals surface area contributed by atoms with E-state index in [0.29, 0.717) is 11.8 Å². The number of amides is 1. The van der Waals surface area contributed by atoms with E-state index in [4.69, 9.17) is 5.11 Å². The highest BCUT2D eigenvalue weighted by atomic mass is 16.4. The number of aromatic nitrogens is 2. The molecule has 3 N–H and O–H groups in total. The van der Waals surface area contributed by atoms with E-state index in [-0.39, 0.29) is 23.3 Å². The van der Waals surface area contributed by atoms with Gasteiger partial charge in [0, 0.05) is 6.04 Å². The van der Waals surface area contributed by atoms with E-state index in [1.165, 1.54) is 25.6 Å². The first-order chi connectivity index (χ1) is 9.16. The Labute approximate surface area is 109 Å². The molecule has 3 fully saturated rings. The number of carbonyl (C=O) groups is 2. The zero-order chi connectivity index (χ0) is 13.1. The van der Waals surface area contributed by atoms with Crippen molar-refractivity contribution in [3.8, 4) is 0 Å². The molecule has 1 aromatic heterocycles. The van der Waals surface area contributed by atoms with E-state index in [9.17, 15) is 9.59 Å². The molecule has 4 atom stereocenters. The third kappa shape index (κ3) is 1.45. The molecule has 4 rings (SSSR count). The van der Waals surface area contributed by atoms with Crippen molar-refractivity contribution in [1.82, 2.24) is 15.3 Å². The third-order valence-corrected chi connectivity index (χ3v) is 5.10. The topological polar surface area (TPSA) is 95.1 Å². The van der Waals surface area contributed by atoms with Gasteiger partial charge < -0.3 is 15.4 Å². The minimum Gasteiger partial charge on any atom is -0.477 e. The third-order valence-electron chi connectivity index (χ3n) is 5.10. The second-order valence-corrected chi connectivity index (χ2v) is 5.92. The Morgan fingerprint density at radius 3 is 2.63 bits per heavy atom. The van der Waals surface area contributed by atoms with Crippen LogP contribution in [0.3, 0.4) is 0 Å². The van der Waals surface area contributed by atoms with Crippen LogP contribution in [0.4, 0.5) is 0 Å². The molecular formula is C13H15N3O3. The van der Waals surface area contributed by atoms with Gasteiger partial charge in [-0.05, 0) is 42.9 Å². The van der Waals surface area contributed by atoms with Gasteiger partial charge in [-0.3, -0.25) is 4.79 Å². The van der Waals surface area contributed by atoms with Crippen LogP contribution in [0, 0.1) is 23.7 Å². The zero-order valence-electron chi connectivity index (χ0n) is 10.3. The molecule has 6 heteroatoms. The molecule has 4 unspecified atom stereocenters. The highest BCUT2D eigenvalue weighted by molar-refractivity contribution is 6.02. The molecule has 3 aliphatic carbocycles. The standard InChI is InChI=1S/C13H15N3O3/c17-12(10-11(13(18)19)15-4-14-10)16-9-7-5-1-2-6(3-5)8(7)9/h4-9H,1-3H2,(H,14,15)(H,16,17)(H,18,19). The first-order valence-corrected chi connectivity index (χ1v) is 6.74. The van der Waals surface area contributed by atoms with Crippen LogP contribution in [0.25, 0.3) is 0 Å². The zero-order valence-corrected chi connectivity index (χ0v) is 10.3. The molecule has 1 heterocycles. The number of hydrogen-bond acceptors (Lipinski definition) is 3. The fraction of sp³-hybridized carbons (Fsp3) is 0.615. The van der Waals surface area contributed by atoms with Crippen LogP contribution in [-0.2, 0) is 0 Å². The van der Waals surface area contributed by atoms with E-state index >= 15 is 0 Å². The second kappa shape index (κ2) is 3.59. The molecule has 0 spiro atoms. The Bertz CT molecular complexity index is 551. The molecule has 1 aromatic rings. The Hall–Kier alpha value is -1.85. The fourth-order valence-corrected chi connectivity index (χ4v) is 4.37. The number of nitrogens with one attached hydrogen (secondary N) is 2. The summed E-state index contributed by atoms with van der Waals surface area (Å²) in [5, 5.41) is 11.9. The van der Waals surface area contributed by atoms with Gasteiger partial charge in [0.05, 0.1) is 6.33 Å². The molecule has 6 nitrogen and oxygen atoms in total. The Balaban J connectivity index is 1.48. The minimum absolute atomic E-state index is 0.00943. The summed E-state index contributed by atoms with van der Waals surface area (Å²) in [6, 6.07) is 0.247. The number of imidazole rings is 1. The smallest absolute Gasteiger partial charge is 0.354 e. The van der Waals surface area contributed by atoms with E-state index < -0.39 is 5.97 Å². The molecule has 0 aliphatic heterocycles. The average Bonchev–Trinajstić information content (AvgIpc) is 2.86. The number of aromatic carboxylic acids is 1. The molecule has 0 saturated heterocycles. The Morgan fingerprint density at radius 1 is 1.32 bits per heavy atom. The first kappa shape index (κ1) is 11.0. The summed E-state index contributed by atoms with van der Waals surface area (Å²) in [5.41, 5.74) is -0.142. The van der Waals surface area contributed by atoms with E-state index in [1.54, 1.807) is 0 Å². The first-order valence-electron chi connectivity index (χ1n) is 6.74. The molecular weight excluding hydrogens is 246 g/mol. The average molecular weight is 261 g/mol. The SMILES string of the molecule is O=C(NC1C2C3CCC(C3)C12)c1nc[nH]c1C(=O)O. The van der Waals surface area contributed by atoms with Crippen molar-refractivity contribution in [3.05, 3.63) is 17.7 Å². The number of hydrogen-bond donors (Lipinski definition) is 3. The van der Waals surface area contributed by atoms with Crippen LogP contribution in [-0.4, -0.2) is 33.0 Å². The highest BCUT2D eigenvalue weighted by Crippen LogP contribution is 2.65. The van der Waals surface area contributed by atoms with E-state index in [0.717, 1.165) is 11.8 Å². The summed E-state index contributed by atoms with van der Waals surface area (Å²) in [5.74, 6) is 1.30. The van der Waals surface area contributed by atoms with Gasteiger partial charge >= 0.3 is 5.97 Å². The van der Waals surface area contributed by atoms with Crippen LogP contribution < -0.4 is 5.32 Å². The predicted molar refractivity (Wildman–Crippen MR) is 64.6 cm³/mol. The van der Waals surface area contributed by atoms with Gasteiger partial charge in [-0.2, -0.15) is 0 Å². The van der Waals surface area contributed by atoms with Gasteiger partial charge in [0.1, 0.15) is 0 Å². The van der Waals surface area contributed by atoms with Gasteiger partial charge in [-0.25, -0.2) is 9.78 Å². The Morgan fingerprint density at radius 2 is 2.00 bits per heavy atom. The summed E-state index contributed by atoms with van der Waals surface area (Å²) in [6.45, 7) is 0. The predicted octanol–water partition coefficient (Wildman–Crippen LogP) is 0.882. The fourth-order valence-electron chi connectivity index (χ4n) is 4.37. The van der Waals surface area contributed by atoms with Gasteiger partial charge in [0.25, 0.3) is 5.91 Å². The van der Waals surface area contributed by atoms with Crippen LogP contribution in [0.1, 0.15) is 40.2 Å². The van der Waals surface area contributed by atoms with Crippen LogP contribution in [0.2, 0.25) is 0 Å². The summed E-state index contributed by atoms with van der Waals surface area (Å²) in [7, 11) is 0. The monoisotopic (exact) mass is 261 g/mol. The van der Waals surface area contributed by atoms with Gasteiger partial charge in [-0.1, -0.05) is 0 Å². The van der Waals surface area contributed by atoms with Crippen molar-refractivity contribution in [2.45, 2.75) is 25.3 Å². The number of carboxylic acid groups (broad SMARTS) is 1. The lowest BCUT2D eigenvalue weighted by Crippen LogP contribution is -2.31. The molecule has 0 aromatic carbocycles. The van der Waals surface area contributed by atoms with E-state index in [1.807, 2.05) is 0 Å². The van der Waals surface area contributed by atoms with Crippen LogP contribution >= 0.6 is 0 Å². The quantitative estimate of drug-likeness (QED) is 0.752. The van der Waals surface area contributed by atoms with Crippen LogP contribution in [0.15, 0.2) is 6.33 Å². The van der Waals surface area contributed by atoms with Crippen LogP contribution in [0.5, 0.6) is 0 Å². The number of aromatic amines is 1. The van der Waals surface area contributed by atoms with Crippen molar-refractivity contribution in [2.24, 2.45) is 23.7 Å². The lowest BCUT2D eigenvalue weighted by Gasteiger charge is -2.09. The molecule has 0 radical (unpaired) electrons. The summed E-state index contributed by atoms with van der Waals surface area (Å²) < 4.78 is 0. The lowest BCUT2D eigenvalue weighted by atomic mass is 10.0. The van der Waals surface area contributed by atoms with Gasteiger partial charge in [-0.15, -0.1) is 0 Å². The summed E-state index contributed by atoms with van der Waals surface area (Å²) >= 11 is 0. The molecule has 2 bridgehead atoms. The highest BCUT2D eigenvalue weighted by Gasteiger charge is 2.65. The molecule has 100 valence electrons. The largest absolute Gasteiger partial charge is 0.477 e. The second-order valence-electron chi connectivity index (χ2n) is 5.92. The molecule has 3 aliphatic rings. The van der Waals surface area contributed by atoms with Crippen molar-refractivity contribution < 1.29 is 14.7 Å². The molecule has 1 amide bonds. The maximum Gasteiger partial charge on any atom is 0.354 e. The summed E-state index contributed by atoms with van der Waals surface area (Å²) in [4.78, 5) is 29.3.